The predicted molar refractivity (Wildman–Crippen MR) is 114 cm³/mol. The summed E-state index contributed by atoms with van der Waals surface area (Å²) >= 11 is 0. The summed E-state index contributed by atoms with van der Waals surface area (Å²) in [4.78, 5) is 13.5. The van der Waals surface area contributed by atoms with Gasteiger partial charge in [-0.15, -0.1) is 0 Å². The van der Waals surface area contributed by atoms with Gasteiger partial charge in [-0.2, -0.15) is 4.31 Å². The molecule has 3 heterocycles. The number of fused-ring (bicyclic) bond motifs is 1. The lowest BCUT2D eigenvalue weighted by Gasteiger charge is -2.34. The molecule has 1 saturated heterocycles. The van der Waals surface area contributed by atoms with Crippen molar-refractivity contribution in [2.75, 3.05) is 13.1 Å². The fourth-order valence-electron chi connectivity index (χ4n) is 4.43. The minimum Gasteiger partial charge on any atom is -0.313 e. The van der Waals surface area contributed by atoms with Crippen LogP contribution in [-0.2, 0) is 10.0 Å². The highest BCUT2D eigenvalue weighted by molar-refractivity contribution is 7.89. The van der Waals surface area contributed by atoms with E-state index in [-0.39, 0.29) is 10.7 Å². The number of aryl methyl sites for hydroxylation is 1. The Morgan fingerprint density at radius 3 is 2.45 bits per heavy atom. The number of pyridine rings is 1. The van der Waals surface area contributed by atoms with Crippen molar-refractivity contribution in [2.24, 2.45) is 11.8 Å². The van der Waals surface area contributed by atoms with Crippen LogP contribution in [0.5, 0.6) is 0 Å². The van der Waals surface area contributed by atoms with E-state index in [0.717, 1.165) is 17.5 Å². The van der Waals surface area contributed by atoms with Gasteiger partial charge in [-0.05, 0) is 61.1 Å². The van der Waals surface area contributed by atoms with E-state index in [1.54, 1.807) is 22.5 Å². The molecule has 0 aliphatic carbocycles. The third-order valence-electron chi connectivity index (χ3n) is 5.65. The second kappa shape index (κ2) is 7.43. The molecule has 1 aliphatic rings. The zero-order valence-corrected chi connectivity index (χ0v) is 17.8. The molecule has 1 fully saturated rings. The first-order valence-electron chi connectivity index (χ1n) is 9.99. The number of piperidine rings is 1. The van der Waals surface area contributed by atoms with Crippen molar-refractivity contribution in [3.8, 4) is 0 Å². The average Bonchev–Trinajstić information content (AvgIpc) is 3.02. The molecule has 1 aromatic carbocycles. The maximum absolute atomic E-state index is 13.3. The Hall–Kier alpha value is -2.44. The second-order valence-corrected chi connectivity index (χ2v) is 10.2. The van der Waals surface area contributed by atoms with Gasteiger partial charge in [-0.3, -0.25) is 4.79 Å². The smallest absolute Gasteiger partial charge is 0.243 e. The Balaban J connectivity index is 1.72. The highest BCUT2D eigenvalue weighted by Crippen LogP contribution is 2.28. The standard InChI is InChI=1S/C23H26N2O3S/c1-16-11-17(2)15-24(14-16)29(27,28)21-9-6-7-19(13-21)23(26)22-18(3)12-20-8-4-5-10-25(20)22/h4-10,12-13,16-17H,11,14-15H2,1-3H3. The highest BCUT2D eigenvalue weighted by Gasteiger charge is 2.32. The Morgan fingerprint density at radius 2 is 1.72 bits per heavy atom. The van der Waals surface area contributed by atoms with Gasteiger partial charge in [0.1, 0.15) is 0 Å². The van der Waals surface area contributed by atoms with Gasteiger partial charge in [0.15, 0.2) is 0 Å². The van der Waals surface area contributed by atoms with E-state index >= 15 is 0 Å². The van der Waals surface area contributed by atoms with Gasteiger partial charge in [0.25, 0.3) is 0 Å². The lowest BCUT2D eigenvalue weighted by Crippen LogP contribution is -2.42. The monoisotopic (exact) mass is 410 g/mol. The van der Waals surface area contributed by atoms with Crippen LogP contribution in [0.4, 0.5) is 0 Å². The number of aromatic nitrogens is 1. The molecule has 0 saturated carbocycles. The number of carbonyl (C=O) groups excluding carboxylic acids is 1. The molecule has 3 aromatic rings. The van der Waals surface area contributed by atoms with Crippen LogP contribution in [0.15, 0.2) is 59.6 Å². The van der Waals surface area contributed by atoms with Gasteiger partial charge >= 0.3 is 0 Å². The van der Waals surface area contributed by atoms with Gasteiger partial charge in [-0.25, -0.2) is 8.42 Å². The first kappa shape index (κ1) is 19.9. The number of carbonyl (C=O) groups is 1. The fourth-order valence-corrected chi connectivity index (χ4v) is 6.16. The molecule has 6 heteroatoms. The molecule has 5 nitrogen and oxygen atoms in total. The summed E-state index contributed by atoms with van der Waals surface area (Å²) in [6.07, 6.45) is 2.89. The lowest BCUT2D eigenvalue weighted by molar-refractivity contribution is 0.103. The van der Waals surface area contributed by atoms with Crippen molar-refractivity contribution in [1.29, 1.82) is 0 Å². The molecule has 0 amide bonds. The topological polar surface area (TPSA) is 58.9 Å². The average molecular weight is 411 g/mol. The van der Waals surface area contributed by atoms with Crippen LogP contribution in [0.1, 0.15) is 41.9 Å². The van der Waals surface area contributed by atoms with E-state index < -0.39 is 10.0 Å². The van der Waals surface area contributed by atoms with Gasteiger partial charge in [0.05, 0.1) is 10.6 Å². The maximum atomic E-state index is 13.3. The van der Waals surface area contributed by atoms with Gasteiger partial charge < -0.3 is 4.40 Å². The van der Waals surface area contributed by atoms with E-state index in [2.05, 4.69) is 13.8 Å². The Labute approximate surface area is 172 Å². The summed E-state index contributed by atoms with van der Waals surface area (Å²) in [6.45, 7) is 7.11. The SMILES string of the molecule is Cc1cc2ccccn2c1C(=O)c1cccc(S(=O)(=O)N2CC(C)CC(C)C2)c1. The van der Waals surface area contributed by atoms with Crippen molar-refractivity contribution < 1.29 is 13.2 Å². The number of ketones is 1. The summed E-state index contributed by atoms with van der Waals surface area (Å²) in [6, 6.07) is 14.2. The third kappa shape index (κ3) is 3.63. The molecule has 4 rings (SSSR count). The Bertz CT molecular complexity index is 1170. The van der Waals surface area contributed by atoms with Crippen LogP contribution >= 0.6 is 0 Å². The molecule has 152 valence electrons. The molecule has 2 atom stereocenters. The number of hydrogen-bond acceptors (Lipinski definition) is 3. The fraction of sp³-hybridized carbons (Fsp3) is 0.348. The van der Waals surface area contributed by atoms with Crippen LogP contribution in [0, 0.1) is 18.8 Å². The zero-order chi connectivity index (χ0) is 20.8. The van der Waals surface area contributed by atoms with Gasteiger partial charge in [-0.1, -0.05) is 32.0 Å². The van der Waals surface area contributed by atoms with Crippen molar-refractivity contribution in [3.63, 3.8) is 0 Å². The van der Waals surface area contributed by atoms with Crippen molar-refractivity contribution >= 4 is 21.3 Å². The van der Waals surface area contributed by atoms with Crippen LogP contribution in [0.2, 0.25) is 0 Å². The largest absolute Gasteiger partial charge is 0.313 e. The first-order chi connectivity index (χ1) is 13.8. The number of benzene rings is 1. The predicted octanol–water partition coefficient (Wildman–Crippen LogP) is 4.15. The molecule has 29 heavy (non-hydrogen) atoms. The quantitative estimate of drug-likeness (QED) is 0.607. The van der Waals surface area contributed by atoms with Gasteiger partial charge in [0.2, 0.25) is 15.8 Å². The molecule has 0 bridgehead atoms. The van der Waals surface area contributed by atoms with E-state index in [9.17, 15) is 13.2 Å². The summed E-state index contributed by atoms with van der Waals surface area (Å²) in [5.41, 5.74) is 2.76. The maximum Gasteiger partial charge on any atom is 0.243 e. The van der Waals surface area contributed by atoms with Crippen LogP contribution < -0.4 is 0 Å². The van der Waals surface area contributed by atoms with E-state index in [1.165, 1.54) is 6.07 Å². The normalized spacial score (nSPS) is 20.8. The molecule has 0 radical (unpaired) electrons. The van der Waals surface area contributed by atoms with E-state index in [4.69, 9.17) is 0 Å². The molecule has 2 aromatic heterocycles. The minimum atomic E-state index is -3.63. The van der Waals surface area contributed by atoms with Crippen LogP contribution in [0.3, 0.4) is 0 Å². The summed E-state index contributed by atoms with van der Waals surface area (Å²) in [5, 5.41) is 0. The molecule has 1 aliphatic heterocycles. The molecule has 2 unspecified atom stereocenters. The number of sulfonamides is 1. The molecule has 0 N–H and O–H groups in total. The molecular weight excluding hydrogens is 384 g/mol. The lowest BCUT2D eigenvalue weighted by atomic mass is 9.94. The zero-order valence-electron chi connectivity index (χ0n) is 17.0. The highest BCUT2D eigenvalue weighted by atomic mass is 32.2. The Kier molecular flexibility index (Phi) is 5.09. The number of rotatable bonds is 4. The molecular formula is C23H26N2O3S. The minimum absolute atomic E-state index is 0.175. The van der Waals surface area contributed by atoms with Crippen molar-refractivity contribution in [2.45, 2.75) is 32.1 Å². The first-order valence-corrected chi connectivity index (χ1v) is 11.4. The van der Waals surface area contributed by atoms with Crippen LogP contribution in [-0.4, -0.2) is 36.0 Å². The summed E-state index contributed by atoms with van der Waals surface area (Å²) in [5.74, 6) is 0.479. The second-order valence-electron chi connectivity index (χ2n) is 8.30. The van der Waals surface area contributed by atoms with Crippen LogP contribution in [0.25, 0.3) is 5.52 Å². The number of nitrogens with zero attached hydrogens (tertiary/aromatic N) is 2. The number of hydrogen-bond donors (Lipinski definition) is 0. The summed E-state index contributed by atoms with van der Waals surface area (Å²) < 4.78 is 29.9. The Morgan fingerprint density at radius 1 is 1.00 bits per heavy atom. The van der Waals surface area contributed by atoms with E-state index in [1.807, 2.05) is 41.8 Å². The van der Waals surface area contributed by atoms with Crippen molar-refractivity contribution in [1.82, 2.24) is 8.71 Å². The molecule has 0 spiro atoms. The third-order valence-corrected chi connectivity index (χ3v) is 7.48. The van der Waals surface area contributed by atoms with E-state index in [0.29, 0.717) is 36.2 Å². The van der Waals surface area contributed by atoms with Gasteiger partial charge in [0, 0.05) is 30.4 Å². The summed E-state index contributed by atoms with van der Waals surface area (Å²) in [7, 11) is -3.63. The van der Waals surface area contributed by atoms with Crippen molar-refractivity contribution in [3.05, 3.63) is 71.5 Å².